The summed E-state index contributed by atoms with van der Waals surface area (Å²) in [5.74, 6) is -0.465. The molecule has 1 heterocycles. The van der Waals surface area contributed by atoms with Gasteiger partial charge in [0.1, 0.15) is 11.6 Å². The van der Waals surface area contributed by atoms with Crippen LogP contribution in [0.5, 0.6) is 5.75 Å². The first-order chi connectivity index (χ1) is 7.16. The maximum absolute atomic E-state index is 12.6. The van der Waals surface area contributed by atoms with Gasteiger partial charge in [-0.3, -0.25) is 4.79 Å². The lowest BCUT2D eigenvalue weighted by atomic mass is 10.1. The summed E-state index contributed by atoms with van der Waals surface area (Å²) in [6.07, 6.45) is 1.39. The third-order valence-corrected chi connectivity index (χ3v) is 2.06. The highest BCUT2D eigenvalue weighted by Gasteiger charge is 2.04. The highest BCUT2D eigenvalue weighted by Crippen LogP contribution is 2.26. The van der Waals surface area contributed by atoms with Crippen molar-refractivity contribution in [1.82, 2.24) is 4.98 Å². The number of H-pyrrole nitrogens is 1. The summed E-state index contributed by atoms with van der Waals surface area (Å²) in [5, 5.41) is 9.50. The van der Waals surface area contributed by atoms with Crippen molar-refractivity contribution < 1.29 is 9.50 Å². The van der Waals surface area contributed by atoms with Crippen LogP contribution in [0.25, 0.3) is 11.1 Å². The number of hydrogen-bond acceptors (Lipinski definition) is 2. The van der Waals surface area contributed by atoms with Gasteiger partial charge in [0, 0.05) is 17.8 Å². The molecule has 2 aromatic rings. The van der Waals surface area contributed by atoms with Crippen molar-refractivity contribution in [3.8, 4) is 16.9 Å². The first-order valence-electron chi connectivity index (χ1n) is 4.34. The van der Waals surface area contributed by atoms with E-state index in [9.17, 15) is 14.3 Å². The van der Waals surface area contributed by atoms with Gasteiger partial charge >= 0.3 is 0 Å². The smallest absolute Gasteiger partial charge is 0.251 e. The second-order valence-corrected chi connectivity index (χ2v) is 3.10. The number of halogens is 1. The molecule has 0 radical (unpaired) electrons. The summed E-state index contributed by atoms with van der Waals surface area (Å²) in [7, 11) is 0. The molecule has 0 spiro atoms. The molecule has 0 aliphatic rings. The van der Waals surface area contributed by atoms with E-state index in [1.54, 1.807) is 0 Å². The monoisotopic (exact) mass is 205 g/mol. The molecule has 2 rings (SSSR count). The summed E-state index contributed by atoms with van der Waals surface area (Å²) in [4.78, 5) is 13.3. The van der Waals surface area contributed by atoms with Crippen molar-refractivity contribution in [1.29, 1.82) is 0 Å². The molecule has 0 aliphatic heterocycles. The van der Waals surface area contributed by atoms with E-state index in [-0.39, 0.29) is 17.1 Å². The van der Waals surface area contributed by atoms with Crippen LogP contribution in [0.1, 0.15) is 0 Å². The minimum Gasteiger partial charge on any atom is -0.507 e. The molecule has 2 N–H and O–H groups in total. The Morgan fingerprint density at radius 3 is 2.47 bits per heavy atom. The predicted molar refractivity (Wildman–Crippen MR) is 54.1 cm³/mol. The van der Waals surface area contributed by atoms with Gasteiger partial charge in [0.05, 0.1) is 0 Å². The Balaban J connectivity index is 2.54. The Bertz CT molecular complexity index is 531. The summed E-state index contributed by atoms with van der Waals surface area (Å²) < 4.78 is 12.6. The fraction of sp³-hybridized carbons (Fsp3) is 0. The molecule has 1 aromatic carbocycles. The van der Waals surface area contributed by atoms with E-state index in [0.29, 0.717) is 11.1 Å². The highest BCUT2D eigenvalue weighted by molar-refractivity contribution is 5.68. The third kappa shape index (κ3) is 1.88. The summed E-state index contributed by atoms with van der Waals surface area (Å²) >= 11 is 0. The highest BCUT2D eigenvalue weighted by atomic mass is 19.1. The molecule has 0 bridgehead atoms. The Morgan fingerprint density at radius 1 is 1.20 bits per heavy atom. The van der Waals surface area contributed by atoms with Crippen LogP contribution in [0.4, 0.5) is 4.39 Å². The van der Waals surface area contributed by atoms with E-state index in [0.717, 1.165) is 6.07 Å². The number of benzene rings is 1. The van der Waals surface area contributed by atoms with E-state index in [4.69, 9.17) is 0 Å². The van der Waals surface area contributed by atoms with E-state index < -0.39 is 0 Å². The average molecular weight is 205 g/mol. The van der Waals surface area contributed by atoms with Crippen LogP contribution in [0.15, 0.2) is 41.3 Å². The van der Waals surface area contributed by atoms with Crippen LogP contribution in [0.2, 0.25) is 0 Å². The van der Waals surface area contributed by atoms with Gasteiger partial charge in [-0.25, -0.2) is 4.39 Å². The summed E-state index contributed by atoms with van der Waals surface area (Å²) in [5.41, 5.74) is 0.734. The Kier molecular flexibility index (Phi) is 2.25. The fourth-order valence-corrected chi connectivity index (χ4v) is 1.32. The summed E-state index contributed by atoms with van der Waals surface area (Å²) in [6, 6.07) is 6.73. The van der Waals surface area contributed by atoms with Crippen LogP contribution in [0, 0.1) is 5.82 Å². The first kappa shape index (κ1) is 9.45. The number of hydrogen-bond donors (Lipinski definition) is 2. The van der Waals surface area contributed by atoms with Crippen molar-refractivity contribution >= 4 is 0 Å². The Hall–Kier alpha value is -2.10. The van der Waals surface area contributed by atoms with Gasteiger partial charge in [-0.1, -0.05) is 12.1 Å². The standard InChI is InChI=1S/C11H8FNO2/c12-8-3-1-7(2-4-8)9-6-13-11(15)5-10(9)14/h1-6H,(H2,13,14,15). The quantitative estimate of drug-likeness (QED) is 0.746. The number of rotatable bonds is 1. The number of aromatic amines is 1. The summed E-state index contributed by atoms with van der Waals surface area (Å²) in [6.45, 7) is 0. The van der Waals surface area contributed by atoms with Crippen LogP contribution >= 0.6 is 0 Å². The van der Waals surface area contributed by atoms with Crippen molar-refractivity contribution in [3.05, 3.63) is 52.7 Å². The van der Waals surface area contributed by atoms with Crippen molar-refractivity contribution in [2.45, 2.75) is 0 Å². The van der Waals surface area contributed by atoms with Gasteiger partial charge in [-0.2, -0.15) is 0 Å². The SMILES string of the molecule is O=c1cc(O)c(-c2ccc(F)cc2)c[nH]1. The number of aromatic hydroxyl groups is 1. The number of pyridine rings is 1. The van der Waals surface area contributed by atoms with E-state index in [2.05, 4.69) is 4.98 Å². The van der Waals surface area contributed by atoms with Crippen LogP contribution in [-0.2, 0) is 0 Å². The van der Waals surface area contributed by atoms with Gasteiger partial charge in [-0.15, -0.1) is 0 Å². The zero-order chi connectivity index (χ0) is 10.8. The van der Waals surface area contributed by atoms with Crippen LogP contribution < -0.4 is 5.56 Å². The maximum atomic E-state index is 12.6. The molecule has 0 saturated carbocycles. The fourth-order valence-electron chi connectivity index (χ4n) is 1.32. The molecule has 76 valence electrons. The van der Waals surface area contributed by atoms with E-state index in [1.807, 2.05) is 0 Å². The van der Waals surface area contributed by atoms with E-state index in [1.165, 1.54) is 30.5 Å². The molecule has 0 aliphatic carbocycles. The maximum Gasteiger partial charge on any atom is 0.251 e. The molecule has 3 nitrogen and oxygen atoms in total. The topological polar surface area (TPSA) is 53.1 Å². The lowest BCUT2D eigenvalue weighted by Crippen LogP contribution is -2.02. The minimum absolute atomic E-state index is 0.120. The lowest BCUT2D eigenvalue weighted by Gasteiger charge is -2.03. The first-order valence-corrected chi connectivity index (χ1v) is 4.34. The molecule has 1 aromatic heterocycles. The molecule has 0 unspecified atom stereocenters. The second kappa shape index (κ2) is 3.57. The Labute approximate surface area is 84.8 Å². The zero-order valence-corrected chi connectivity index (χ0v) is 7.70. The van der Waals surface area contributed by atoms with Gasteiger partial charge in [0.25, 0.3) is 5.56 Å². The normalized spacial score (nSPS) is 10.2. The predicted octanol–water partition coefficient (Wildman–Crippen LogP) is 1.89. The molecular weight excluding hydrogens is 197 g/mol. The van der Waals surface area contributed by atoms with Crippen LogP contribution in [-0.4, -0.2) is 10.1 Å². The average Bonchev–Trinajstić information content (AvgIpc) is 2.20. The molecular formula is C11H8FNO2. The molecule has 0 saturated heterocycles. The van der Waals surface area contributed by atoms with Gasteiger partial charge in [-0.05, 0) is 17.7 Å². The molecule has 0 fully saturated rings. The lowest BCUT2D eigenvalue weighted by molar-refractivity contribution is 0.476. The van der Waals surface area contributed by atoms with Crippen molar-refractivity contribution in [3.63, 3.8) is 0 Å². The van der Waals surface area contributed by atoms with Crippen molar-refractivity contribution in [2.24, 2.45) is 0 Å². The van der Waals surface area contributed by atoms with Crippen molar-refractivity contribution in [2.75, 3.05) is 0 Å². The largest absolute Gasteiger partial charge is 0.507 e. The Morgan fingerprint density at radius 2 is 1.87 bits per heavy atom. The van der Waals surface area contributed by atoms with E-state index >= 15 is 0 Å². The van der Waals surface area contributed by atoms with Gasteiger partial charge in [0.2, 0.25) is 0 Å². The minimum atomic E-state index is -0.377. The van der Waals surface area contributed by atoms with Crippen LogP contribution in [0.3, 0.4) is 0 Å². The molecule has 4 heteroatoms. The second-order valence-electron chi connectivity index (χ2n) is 3.10. The molecule has 0 amide bonds. The third-order valence-electron chi connectivity index (χ3n) is 2.06. The van der Waals surface area contributed by atoms with Gasteiger partial charge in [0.15, 0.2) is 0 Å². The number of aromatic nitrogens is 1. The molecule has 15 heavy (non-hydrogen) atoms. The van der Waals surface area contributed by atoms with Gasteiger partial charge < -0.3 is 10.1 Å². The number of nitrogens with one attached hydrogen (secondary N) is 1. The molecule has 0 atom stereocenters. The zero-order valence-electron chi connectivity index (χ0n) is 7.70.